The van der Waals surface area contributed by atoms with Crippen LogP contribution < -0.4 is 21.3 Å². The van der Waals surface area contributed by atoms with Crippen LogP contribution in [0, 0.1) is 0 Å². The van der Waals surface area contributed by atoms with E-state index in [4.69, 9.17) is 99.5 Å². The summed E-state index contributed by atoms with van der Waals surface area (Å²) in [6.07, 6.45) is -116. The molecule has 0 bridgehead atoms. The average molecular weight is 1990 g/mol. The van der Waals surface area contributed by atoms with Crippen molar-refractivity contribution >= 4 is 35.6 Å². The SMILES string of the molecule is CC(=O)N[C@@H]1[C@@H](O)[C@H](O[C@@H]2O[C@H](CO)[C@@H](O[C@@H]3O[C@H](CO[C@H]4O[C@H](CO)[C@@H](O)[C@H](O)[C@@H]4O)[C@@H](O)[C@H](O[C@H]4O[C@H](CO)[C@@H](O[C@@H]5O[C@H](CO)[C@@H](O[C@@H]6O[C@H](CO)[C@H](O)[C@H](O[C@@H]7O[C@H](C(=O)O)[C@@H](O)[C@H](O)[C@H]7O)[C@H]6O)[C@H](O)[C@H]5NC(C)=O)[C@H](O)[C@@H]4O[C@@H]4O[C@H](CO)[C@@H](O[C@@H]5O[C@H](CO)[C@H](O)[C@H](O[C@@H]6O[C@H](C(=O)O)[C@@H](O)[C@H](O)[C@H]6O)[C@H]5O)[C@H](O)[C@H]4NC(C)=O)[C@@H]3O)[C@H](O)[C@H]2NC(C)=O)[C@@H](CO)O[C@H]1O. The number of ether oxygens (including phenoxy) is 21. The molecule has 0 aromatic rings. The third kappa shape index (κ3) is 24.1. The van der Waals surface area contributed by atoms with Gasteiger partial charge in [-0.15, -0.1) is 0 Å². The molecule has 62 heteroatoms. The summed E-state index contributed by atoms with van der Waals surface area (Å²) < 4.78 is 124. The Bertz CT molecular complexity index is 3830. The number of aliphatic carboxylic acids is 2. The van der Waals surface area contributed by atoms with Crippen LogP contribution in [0.15, 0.2) is 0 Å². The summed E-state index contributed by atoms with van der Waals surface area (Å²) in [5, 5.41) is 356. The van der Waals surface area contributed by atoms with Crippen molar-refractivity contribution in [2.75, 3.05) is 59.5 Å². The third-order valence-corrected chi connectivity index (χ3v) is 24.5. The maximum atomic E-state index is 13.5. The van der Waals surface area contributed by atoms with Crippen LogP contribution in [0.25, 0.3) is 0 Å². The normalized spacial score (nSPS) is 49.2. The molecule has 4 amide bonds. The Morgan fingerprint density at radius 3 is 0.787 bits per heavy atom. The first-order chi connectivity index (χ1) is 64.2. The highest BCUT2D eigenvalue weighted by atomic mass is 16.8. The number of aliphatic hydroxyl groups excluding tert-OH is 29. The molecule has 0 radical (unpaired) electrons. The first kappa shape index (κ1) is 111. The van der Waals surface area contributed by atoms with E-state index in [1.807, 2.05) is 0 Å². The molecule has 11 fully saturated rings. The summed E-state index contributed by atoms with van der Waals surface area (Å²) in [5.74, 6) is -7.85. The van der Waals surface area contributed by atoms with Gasteiger partial charge in [-0.3, -0.25) is 19.2 Å². The quantitative estimate of drug-likeness (QED) is 0.0280. The number of carbonyl (C=O) groups is 6. The van der Waals surface area contributed by atoms with E-state index in [9.17, 15) is 187 Å². The Kier molecular flexibility index (Phi) is 39.3. The summed E-state index contributed by atoms with van der Waals surface area (Å²) in [6, 6.07) is -8.11. The van der Waals surface area contributed by atoms with Crippen LogP contribution in [0.3, 0.4) is 0 Å². The number of carboxylic acid groups (broad SMARTS) is 2. The van der Waals surface area contributed by atoms with E-state index in [1.165, 1.54) is 0 Å². The van der Waals surface area contributed by atoms with Crippen LogP contribution in [-0.4, -0.2) is 591 Å². The molecule has 62 nitrogen and oxygen atoms in total. The molecule has 35 N–H and O–H groups in total. The van der Waals surface area contributed by atoms with Gasteiger partial charge in [0.25, 0.3) is 0 Å². The largest absolute Gasteiger partial charge is 0.479 e. The molecular formula is C74H120N4O58. The highest BCUT2D eigenvalue weighted by Gasteiger charge is 2.64. The van der Waals surface area contributed by atoms with Crippen molar-refractivity contribution in [1.82, 2.24) is 21.3 Å². The van der Waals surface area contributed by atoms with Crippen molar-refractivity contribution in [1.29, 1.82) is 0 Å². The maximum absolute atomic E-state index is 13.5. The van der Waals surface area contributed by atoms with Gasteiger partial charge in [-0.25, -0.2) is 9.59 Å². The first-order valence-corrected chi connectivity index (χ1v) is 42.6. The number of hydrogen-bond acceptors (Lipinski definition) is 56. The highest BCUT2D eigenvalue weighted by Crippen LogP contribution is 2.43. The van der Waals surface area contributed by atoms with Gasteiger partial charge < -0.3 is 279 Å². The molecule has 0 aromatic heterocycles. The van der Waals surface area contributed by atoms with Crippen LogP contribution in [0.4, 0.5) is 0 Å². The Hall–Kier alpha value is -5.18. The summed E-state index contributed by atoms with van der Waals surface area (Å²) in [4.78, 5) is 76.3. The Labute approximate surface area is 765 Å². The number of aliphatic hydroxyl groups is 29. The molecule has 0 aromatic carbocycles. The fraction of sp³-hybridized carbons (Fsp3) is 0.919. The predicted octanol–water partition coefficient (Wildman–Crippen LogP) is -24.2. The monoisotopic (exact) mass is 1990 g/mol. The second-order valence-corrected chi connectivity index (χ2v) is 33.9. The third-order valence-electron chi connectivity index (χ3n) is 24.5. The van der Waals surface area contributed by atoms with Gasteiger partial charge in [0.05, 0.1) is 59.5 Å². The molecule has 11 aliphatic rings. The van der Waals surface area contributed by atoms with Gasteiger partial charge in [-0.05, 0) is 0 Å². The second kappa shape index (κ2) is 48.0. The Balaban J connectivity index is 0.951. The molecule has 11 heterocycles. The summed E-state index contributed by atoms with van der Waals surface area (Å²) in [5.41, 5.74) is 0. The number of carboxylic acids is 2. The molecular weight excluding hydrogens is 1870 g/mol. The number of nitrogens with one attached hydrogen (secondary N) is 4. The standard InChI is InChI=1S/C74H120N4O58/c1-14(87)75-27-35(95)51(21(8-82)117-64(27)115)126-65-28(76-15(2)88)36(96)54(23(10-84)121-65)130-73-50(110)58(34(94)26(125-73)13-116-68-44(104)39(99)31(91)18(5-79)118-68)133-74-61(136-67-30(78-17(4)90)38(98)53(24(11-85)123-67)129-72-49(109)57(33(93)20(7-81)120-72)132-70-46(106)41(101)43(103)60(135-70)63(113)114)47(107)55(25(12-86)124-74)127-66-29(77-16(3)89)37(97)52(22(9-83)122-66)128-71-48(108)56(32(92)19(6-80)119-71)131-69-45(105)40(100)42(102)59(134-69)62(111)112/h18-61,64-74,79-86,91-110,115H,5-13H2,1-4H3,(H,75,87)(H,76,88)(H,77,89)(H,78,90)(H,111,112)(H,113,114)/t18-,19-,20-,21-,22-,23-,24-,25-,26-,27-,28-,29-,30-,31-,32+,33+,34-,35-,36-,37-,38-,39+,40+,41+,42+,43+,44+,45-,46-,47+,48-,49-,50+,51-,52-,53-,54-,55-,56+,57+,58+,59+,60+,61+,64-,65+,66+,67+,68+,69-,70-,71+,72+,73+,74-/m1/s1. The summed E-state index contributed by atoms with van der Waals surface area (Å²) in [6.45, 7) is -7.54. The van der Waals surface area contributed by atoms with Crippen molar-refractivity contribution in [2.24, 2.45) is 0 Å². The fourth-order valence-electron chi connectivity index (χ4n) is 17.4. The number of amides is 4. The van der Waals surface area contributed by atoms with Gasteiger partial charge in [0.1, 0.15) is 256 Å². The van der Waals surface area contributed by atoms with Crippen molar-refractivity contribution in [2.45, 2.75) is 365 Å². The van der Waals surface area contributed by atoms with Gasteiger partial charge >= 0.3 is 11.9 Å². The molecule has 0 spiro atoms. The molecule has 0 saturated carbocycles. The lowest BCUT2D eigenvalue weighted by Gasteiger charge is -2.52. The Morgan fingerprint density at radius 2 is 0.449 bits per heavy atom. The summed E-state index contributed by atoms with van der Waals surface area (Å²) in [7, 11) is 0. The van der Waals surface area contributed by atoms with Gasteiger partial charge in [0.2, 0.25) is 23.6 Å². The summed E-state index contributed by atoms with van der Waals surface area (Å²) >= 11 is 0. The topological polar surface area (TPSA) is 972 Å². The lowest BCUT2D eigenvalue weighted by molar-refractivity contribution is -0.407. The minimum Gasteiger partial charge on any atom is -0.479 e. The smallest absolute Gasteiger partial charge is 0.335 e. The first-order valence-electron chi connectivity index (χ1n) is 42.6. The zero-order valence-electron chi connectivity index (χ0n) is 72.0. The number of hydrogen-bond donors (Lipinski definition) is 35. The van der Waals surface area contributed by atoms with Crippen molar-refractivity contribution in [3.05, 3.63) is 0 Å². The van der Waals surface area contributed by atoms with Crippen LogP contribution in [0.1, 0.15) is 27.7 Å². The van der Waals surface area contributed by atoms with Crippen LogP contribution in [-0.2, 0) is 128 Å². The molecule has 136 heavy (non-hydrogen) atoms. The molecule has 11 saturated heterocycles. The van der Waals surface area contributed by atoms with Crippen molar-refractivity contribution in [3.8, 4) is 0 Å². The lowest BCUT2D eigenvalue weighted by atomic mass is 9.93. The Morgan fingerprint density at radius 1 is 0.213 bits per heavy atom. The molecule has 784 valence electrons. The van der Waals surface area contributed by atoms with E-state index in [0.29, 0.717) is 0 Å². The number of carbonyl (C=O) groups excluding carboxylic acids is 4. The molecule has 55 atom stereocenters. The van der Waals surface area contributed by atoms with E-state index in [-0.39, 0.29) is 0 Å². The fourth-order valence-corrected chi connectivity index (χ4v) is 17.4. The lowest BCUT2D eigenvalue weighted by Crippen LogP contribution is -2.72. The van der Waals surface area contributed by atoms with E-state index in [1.54, 1.807) is 0 Å². The number of rotatable bonds is 35. The second-order valence-electron chi connectivity index (χ2n) is 33.9. The predicted molar refractivity (Wildman–Crippen MR) is 410 cm³/mol. The maximum Gasteiger partial charge on any atom is 0.335 e. The van der Waals surface area contributed by atoms with Crippen molar-refractivity contribution in [3.63, 3.8) is 0 Å². The minimum absolute atomic E-state index is 0.818. The van der Waals surface area contributed by atoms with Crippen LogP contribution >= 0.6 is 0 Å². The van der Waals surface area contributed by atoms with Crippen LogP contribution in [0.5, 0.6) is 0 Å². The zero-order valence-corrected chi connectivity index (χ0v) is 72.0. The molecule has 11 aliphatic heterocycles. The van der Waals surface area contributed by atoms with Gasteiger partial charge in [0.15, 0.2) is 81.4 Å². The van der Waals surface area contributed by atoms with E-state index in [0.717, 1.165) is 27.7 Å². The van der Waals surface area contributed by atoms with E-state index >= 15 is 0 Å². The van der Waals surface area contributed by atoms with E-state index < -0.39 is 433 Å². The zero-order chi connectivity index (χ0) is 100. The van der Waals surface area contributed by atoms with Gasteiger partial charge in [-0.2, -0.15) is 0 Å². The molecule has 0 unspecified atom stereocenters. The average Bonchev–Trinajstić information content (AvgIpc) is 0.764. The molecule has 11 rings (SSSR count). The van der Waals surface area contributed by atoms with Crippen molar-refractivity contribution < 1.29 is 287 Å². The van der Waals surface area contributed by atoms with Gasteiger partial charge in [0, 0.05) is 27.7 Å². The highest BCUT2D eigenvalue weighted by molar-refractivity contribution is 5.75. The van der Waals surface area contributed by atoms with E-state index in [2.05, 4.69) is 21.3 Å². The van der Waals surface area contributed by atoms with Crippen LogP contribution in [0.2, 0.25) is 0 Å². The minimum atomic E-state index is -2.75. The molecule has 0 aliphatic carbocycles. The van der Waals surface area contributed by atoms with Gasteiger partial charge in [-0.1, -0.05) is 0 Å².